The monoisotopic (exact) mass is 373 g/mol. The highest BCUT2D eigenvalue weighted by atomic mass is 32.2. The van der Waals surface area contributed by atoms with E-state index in [1.54, 1.807) is 12.4 Å². The third kappa shape index (κ3) is 4.26. The van der Waals surface area contributed by atoms with Crippen LogP contribution in [0.4, 0.5) is 5.82 Å². The van der Waals surface area contributed by atoms with Crippen LogP contribution in [0.1, 0.15) is 19.4 Å². The summed E-state index contributed by atoms with van der Waals surface area (Å²) >= 11 is 2.86. The maximum absolute atomic E-state index is 12.6. The number of rotatable bonds is 6. The van der Waals surface area contributed by atoms with Crippen LogP contribution >= 0.6 is 23.1 Å². The van der Waals surface area contributed by atoms with E-state index >= 15 is 0 Å². The van der Waals surface area contributed by atoms with Gasteiger partial charge in [-0.1, -0.05) is 31.7 Å². The summed E-state index contributed by atoms with van der Waals surface area (Å²) in [6, 6.07) is 5.69. The van der Waals surface area contributed by atoms with Crippen LogP contribution in [-0.4, -0.2) is 26.1 Å². The molecule has 0 aliphatic carbocycles. The Kier molecular flexibility index (Phi) is 5.50. The lowest BCUT2D eigenvalue weighted by molar-refractivity contribution is -0.121. The van der Waals surface area contributed by atoms with Gasteiger partial charge in [0.05, 0.1) is 10.6 Å². The van der Waals surface area contributed by atoms with Gasteiger partial charge in [-0.05, 0) is 29.0 Å². The second kappa shape index (κ2) is 7.79. The molecule has 0 bridgehead atoms. The average molecular weight is 374 g/mol. The molecule has 0 radical (unpaired) electrons. The van der Waals surface area contributed by atoms with Crippen molar-refractivity contribution in [3.8, 4) is 0 Å². The van der Waals surface area contributed by atoms with Gasteiger partial charge in [0, 0.05) is 18.9 Å². The lowest BCUT2D eigenvalue weighted by Crippen LogP contribution is -2.35. The molecule has 0 spiro atoms. The molecular weight excluding hydrogens is 354 g/mol. The molecule has 0 aliphatic rings. The fourth-order valence-electron chi connectivity index (χ4n) is 2.31. The molecule has 0 saturated heterocycles. The molecular formula is C17H19N5OS2. The number of thioether (sulfide) groups is 1. The van der Waals surface area contributed by atoms with E-state index in [1.165, 1.54) is 23.1 Å². The van der Waals surface area contributed by atoms with Crippen molar-refractivity contribution in [3.05, 3.63) is 41.5 Å². The summed E-state index contributed by atoms with van der Waals surface area (Å²) in [6.45, 7) is 4.46. The zero-order chi connectivity index (χ0) is 17.8. The molecule has 0 aliphatic heterocycles. The Morgan fingerprint density at radius 2 is 2.20 bits per heavy atom. The van der Waals surface area contributed by atoms with E-state index in [2.05, 4.69) is 20.3 Å². The highest BCUT2D eigenvalue weighted by Gasteiger charge is 2.25. The SMILES string of the molecule is CC(C)[C@H](Sc1nc(N)c2ccsc2n1)C(=O)NCc1cccnc1. The van der Waals surface area contributed by atoms with E-state index in [0.717, 1.165) is 15.8 Å². The van der Waals surface area contributed by atoms with Crippen LogP contribution in [0, 0.1) is 5.92 Å². The van der Waals surface area contributed by atoms with Crippen LogP contribution < -0.4 is 11.1 Å². The molecule has 0 aromatic carbocycles. The third-order valence-corrected chi connectivity index (χ3v) is 5.83. The van der Waals surface area contributed by atoms with Crippen LogP contribution in [-0.2, 0) is 11.3 Å². The van der Waals surface area contributed by atoms with E-state index in [1.807, 2.05) is 37.4 Å². The first kappa shape index (κ1) is 17.6. The molecule has 3 aromatic heterocycles. The smallest absolute Gasteiger partial charge is 0.234 e. The van der Waals surface area contributed by atoms with Crippen molar-refractivity contribution in [1.82, 2.24) is 20.3 Å². The summed E-state index contributed by atoms with van der Waals surface area (Å²) in [4.78, 5) is 26.4. The van der Waals surface area contributed by atoms with Gasteiger partial charge in [0.25, 0.3) is 0 Å². The molecule has 0 fully saturated rings. The first-order valence-electron chi connectivity index (χ1n) is 7.88. The largest absolute Gasteiger partial charge is 0.383 e. The van der Waals surface area contributed by atoms with Crippen molar-refractivity contribution < 1.29 is 4.79 Å². The van der Waals surface area contributed by atoms with Crippen LogP contribution in [0.3, 0.4) is 0 Å². The Balaban J connectivity index is 1.72. The lowest BCUT2D eigenvalue weighted by Gasteiger charge is -2.19. The number of pyridine rings is 1. The van der Waals surface area contributed by atoms with E-state index in [-0.39, 0.29) is 17.1 Å². The molecule has 130 valence electrons. The number of fused-ring (bicyclic) bond motifs is 1. The Morgan fingerprint density at radius 1 is 1.36 bits per heavy atom. The van der Waals surface area contributed by atoms with Crippen molar-refractivity contribution in [2.45, 2.75) is 30.8 Å². The standard InChI is InChI=1S/C17H19N5OS2/c1-10(2)13(15(23)20-9-11-4-3-6-19-8-11)25-17-21-14(18)12-5-7-24-16(12)22-17/h3-8,10,13H,9H2,1-2H3,(H,20,23)(H2,18,21,22)/t13-/m0/s1. The summed E-state index contributed by atoms with van der Waals surface area (Å²) in [7, 11) is 0. The van der Waals surface area contributed by atoms with Gasteiger partial charge in [0.1, 0.15) is 10.6 Å². The fraction of sp³-hybridized carbons (Fsp3) is 0.294. The Morgan fingerprint density at radius 3 is 2.92 bits per heavy atom. The van der Waals surface area contributed by atoms with Gasteiger partial charge in [0.15, 0.2) is 5.16 Å². The molecule has 3 aromatic rings. The summed E-state index contributed by atoms with van der Waals surface area (Å²) in [6.07, 6.45) is 3.45. The van der Waals surface area contributed by atoms with Crippen LogP contribution in [0.25, 0.3) is 10.2 Å². The topological polar surface area (TPSA) is 93.8 Å². The Hall–Kier alpha value is -2.19. The molecule has 0 saturated carbocycles. The molecule has 0 unspecified atom stereocenters. The highest BCUT2D eigenvalue weighted by Crippen LogP contribution is 2.30. The number of hydrogen-bond acceptors (Lipinski definition) is 7. The van der Waals surface area contributed by atoms with Gasteiger partial charge < -0.3 is 11.1 Å². The summed E-state index contributed by atoms with van der Waals surface area (Å²) in [5.41, 5.74) is 6.96. The molecule has 8 heteroatoms. The summed E-state index contributed by atoms with van der Waals surface area (Å²) in [5, 5.41) is 5.99. The van der Waals surface area contributed by atoms with Crippen LogP contribution in [0.2, 0.25) is 0 Å². The number of nitrogens with one attached hydrogen (secondary N) is 1. The number of carbonyl (C=O) groups is 1. The van der Waals surface area contributed by atoms with Crippen molar-refractivity contribution in [2.24, 2.45) is 5.92 Å². The molecule has 1 atom stereocenters. The molecule has 1 amide bonds. The lowest BCUT2D eigenvalue weighted by atomic mass is 10.1. The average Bonchev–Trinajstić information content (AvgIpc) is 3.07. The first-order chi connectivity index (χ1) is 12.0. The van der Waals surface area contributed by atoms with Crippen molar-refractivity contribution >= 4 is 45.0 Å². The predicted molar refractivity (Wildman–Crippen MR) is 102 cm³/mol. The van der Waals surface area contributed by atoms with Gasteiger partial charge in [-0.15, -0.1) is 11.3 Å². The number of nitrogens with zero attached hydrogens (tertiary/aromatic N) is 3. The number of nitrogens with two attached hydrogens (primary N) is 1. The van der Waals surface area contributed by atoms with Crippen molar-refractivity contribution in [3.63, 3.8) is 0 Å². The van der Waals surface area contributed by atoms with Gasteiger partial charge in [-0.25, -0.2) is 9.97 Å². The minimum absolute atomic E-state index is 0.0442. The second-order valence-electron chi connectivity index (χ2n) is 5.89. The molecule has 25 heavy (non-hydrogen) atoms. The first-order valence-corrected chi connectivity index (χ1v) is 9.64. The zero-order valence-electron chi connectivity index (χ0n) is 14.0. The van der Waals surface area contributed by atoms with Crippen molar-refractivity contribution in [2.75, 3.05) is 5.73 Å². The number of carbonyl (C=O) groups excluding carboxylic acids is 1. The zero-order valence-corrected chi connectivity index (χ0v) is 15.6. The summed E-state index contributed by atoms with van der Waals surface area (Å²) < 4.78 is 0. The summed E-state index contributed by atoms with van der Waals surface area (Å²) in [5.74, 6) is 0.534. The molecule has 6 nitrogen and oxygen atoms in total. The molecule has 3 N–H and O–H groups in total. The predicted octanol–water partition coefficient (Wildman–Crippen LogP) is 3.10. The van der Waals surface area contributed by atoms with Crippen LogP contribution in [0.15, 0.2) is 41.1 Å². The fourth-order valence-corrected chi connectivity index (χ4v) is 4.12. The Bertz CT molecular complexity index is 866. The van der Waals surface area contributed by atoms with Gasteiger partial charge in [-0.2, -0.15) is 0 Å². The van der Waals surface area contributed by atoms with E-state index < -0.39 is 0 Å². The maximum Gasteiger partial charge on any atom is 0.234 e. The van der Waals surface area contributed by atoms with Gasteiger partial charge in [-0.3, -0.25) is 9.78 Å². The van der Waals surface area contributed by atoms with E-state index in [0.29, 0.717) is 17.5 Å². The highest BCUT2D eigenvalue weighted by molar-refractivity contribution is 8.00. The quantitative estimate of drug-likeness (QED) is 0.509. The normalized spacial score (nSPS) is 12.4. The van der Waals surface area contributed by atoms with Gasteiger partial charge >= 0.3 is 0 Å². The number of anilines is 1. The van der Waals surface area contributed by atoms with Crippen LogP contribution in [0.5, 0.6) is 0 Å². The van der Waals surface area contributed by atoms with E-state index in [9.17, 15) is 4.79 Å². The number of thiophene rings is 1. The minimum Gasteiger partial charge on any atom is -0.383 e. The van der Waals surface area contributed by atoms with Gasteiger partial charge in [0.2, 0.25) is 5.91 Å². The molecule has 3 heterocycles. The number of nitrogen functional groups attached to an aromatic ring is 1. The number of amides is 1. The minimum atomic E-state index is -0.298. The second-order valence-corrected chi connectivity index (χ2v) is 7.90. The number of aromatic nitrogens is 3. The number of hydrogen-bond donors (Lipinski definition) is 2. The van der Waals surface area contributed by atoms with E-state index in [4.69, 9.17) is 5.73 Å². The third-order valence-electron chi connectivity index (χ3n) is 3.62. The maximum atomic E-state index is 12.6. The van der Waals surface area contributed by atoms with Crippen molar-refractivity contribution in [1.29, 1.82) is 0 Å². The Labute approximate surface area is 154 Å². The molecule has 3 rings (SSSR count).